The Morgan fingerprint density at radius 2 is 0.963 bits per heavy atom. The highest BCUT2D eigenvalue weighted by Crippen LogP contribution is 2.27. The van der Waals surface area contributed by atoms with E-state index >= 15 is 0 Å². The van der Waals surface area contributed by atoms with Gasteiger partial charge in [-0.1, -0.05) is 0 Å². The maximum atomic E-state index is 10.7. The van der Waals surface area contributed by atoms with E-state index in [9.17, 15) is 30.6 Å². The summed E-state index contributed by atoms with van der Waals surface area (Å²) in [6.45, 7) is 5.50. The average Bonchev–Trinajstić information content (AvgIpc) is 2.42. The van der Waals surface area contributed by atoms with E-state index in [0.29, 0.717) is 11.1 Å². The Balaban J connectivity index is 2.22. The van der Waals surface area contributed by atoms with Crippen molar-refractivity contribution < 1.29 is 30.6 Å². The second-order valence-corrected chi connectivity index (χ2v) is 7.66. The van der Waals surface area contributed by atoms with E-state index in [2.05, 4.69) is 0 Å². The van der Waals surface area contributed by atoms with Gasteiger partial charge >= 0.3 is 0 Å². The first-order valence-corrected chi connectivity index (χ1v) is 8.64. The number of nitrogens with zero attached hydrogens (tertiary/aromatic N) is 1. The summed E-state index contributed by atoms with van der Waals surface area (Å²) in [5, 5.41) is 59.9. The zero-order chi connectivity index (χ0) is 20.4. The Kier molecular flexibility index (Phi) is 6.20. The molecular weight excluding hydrogens is 350 g/mol. The summed E-state index contributed by atoms with van der Waals surface area (Å²) in [7, 11) is 0. The lowest BCUT2D eigenvalue weighted by Gasteiger charge is -2.42. The zero-order valence-corrected chi connectivity index (χ0v) is 15.7. The van der Waals surface area contributed by atoms with E-state index in [-0.39, 0.29) is 35.8 Å². The first-order valence-electron chi connectivity index (χ1n) is 8.64. The van der Waals surface area contributed by atoms with Crippen LogP contribution in [-0.4, -0.2) is 53.5 Å². The molecule has 6 N–H and O–H groups in total. The Bertz CT molecular complexity index is 687. The van der Waals surface area contributed by atoms with Crippen LogP contribution >= 0.6 is 0 Å². The summed E-state index contributed by atoms with van der Waals surface area (Å²) < 4.78 is 0. The second kappa shape index (κ2) is 8.04. The topological polar surface area (TPSA) is 125 Å². The summed E-state index contributed by atoms with van der Waals surface area (Å²) in [4.78, 5) is 1.50. The molecule has 0 aliphatic heterocycles. The van der Waals surface area contributed by atoms with Crippen LogP contribution in [0.15, 0.2) is 36.4 Å². The Morgan fingerprint density at radius 1 is 0.667 bits per heavy atom. The van der Waals surface area contributed by atoms with Gasteiger partial charge in [0.1, 0.15) is 35.5 Å². The summed E-state index contributed by atoms with van der Waals surface area (Å²) in [6.07, 6.45) is -2.07. The molecule has 0 aliphatic carbocycles. The molecule has 0 spiro atoms. The van der Waals surface area contributed by atoms with Gasteiger partial charge in [-0.2, -0.15) is 0 Å². The quantitative estimate of drug-likeness (QED) is 0.426. The molecule has 0 radical (unpaired) electrons. The third-order valence-corrected chi connectivity index (χ3v) is 4.18. The van der Waals surface area contributed by atoms with Crippen molar-refractivity contribution in [2.75, 3.05) is 0 Å². The third-order valence-electron chi connectivity index (χ3n) is 4.18. The van der Waals surface area contributed by atoms with Crippen molar-refractivity contribution in [2.45, 2.75) is 51.6 Å². The Morgan fingerprint density at radius 3 is 1.22 bits per heavy atom. The van der Waals surface area contributed by atoms with Gasteiger partial charge in [-0.15, -0.1) is 0 Å². The summed E-state index contributed by atoms with van der Waals surface area (Å²) in [6, 6.07) is 8.13. The van der Waals surface area contributed by atoms with Gasteiger partial charge in [0.25, 0.3) is 0 Å². The van der Waals surface area contributed by atoms with Gasteiger partial charge in [-0.3, -0.25) is 0 Å². The van der Waals surface area contributed by atoms with E-state index in [1.165, 1.54) is 41.3 Å². The number of aliphatic hydroxyl groups is 2. The fourth-order valence-corrected chi connectivity index (χ4v) is 3.26. The lowest BCUT2D eigenvalue weighted by molar-refractivity contribution is -0.144. The monoisotopic (exact) mass is 377 g/mol. The van der Waals surface area contributed by atoms with Crippen LogP contribution in [-0.2, 0) is 12.8 Å². The van der Waals surface area contributed by atoms with Gasteiger partial charge in [0.05, 0.1) is 0 Å². The maximum Gasteiger partial charge on any atom is 0.119 e. The maximum absolute atomic E-state index is 10.7. The van der Waals surface area contributed by atoms with Gasteiger partial charge in [0.2, 0.25) is 0 Å². The molecule has 0 bridgehead atoms. The predicted molar refractivity (Wildman–Crippen MR) is 101 cm³/mol. The molecule has 7 heteroatoms. The lowest BCUT2D eigenvalue weighted by Crippen LogP contribution is -2.55. The number of hydrogen-bond donors (Lipinski definition) is 6. The zero-order valence-electron chi connectivity index (χ0n) is 15.7. The molecule has 0 aromatic heterocycles. The first-order chi connectivity index (χ1) is 12.5. The molecule has 27 heavy (non-hydrogen) atoms. The van der Waals surface area contributed by atoms with Crippen LogP contribution in [0.2, 0.25) is 0 Å². The van der Waals surface area contributed by atoms with Crippen molar-refractivity contribution in [2.24, 2.45) is 0 Å². The summed E-state index contributed by atoms with van der Waals surface area (Å²) >= 11 is 0. The number of phenols is 4. The number of phenolic OH excluding ortho intramolecular Hbond substituents is 4. The molecule has 2 atom stereocenters. The minimum Gasteiger partial charge on any atom is -0.508 e. The van der Waals surface area contributed by atoms with E-state index in [4.69, 9.17) is 0 Å². The normalized spacial score (nSPS) is 14.3. The standard InChI is InChI=1S/C20H27NO6/c1-20(2,3)21(18(26)8-12-4-14(22)10-15(23)5-12)19(27)9-13-6-16(24)11-17(25)7-13/h4-7,10-11,18-19,22-27H,8-9H2,1-3H3. The van der Waals surface area contributed by atoms with Gasteiger partial charge in [0, 0.05) is 30.5 Å². The van der Waals surface area contributed by atoms with Gasteiger partial charge in [-0.25, -0.2) is 4.90 Å². The van der Waals surface area contributed by atoms with Crippen molar-refractivity contribution in [1.29, 1.82) is 0 Å². The summed E-state index contributed by atoms with van der Waals surface area (Å²) in [5.74, 6) is -0.462. The number of aliphatic hydroxyl groups excluding tert-OH is 2. The number of aromatic hydroxyl groups is 4. The highest BCUT2D eigenvalue weighted by Gasteiger charge is 2.33. The molecule has 148 valence electrons. The van der Waals surface area contributed by atoms with Gasteiger partial charge < -0.3 is 30.6 Å². The predicted octanol–water partition coefficient (Wildman–Crippen LogP) is 2.03. The molecule has 2 aromatic carbocycles. The number of benzene rings is 2. The molecule has 0 fully saturated rings. The molecule has 2 rings (SSSR count). The smallest absolute Gasteiger partial charge is 0.119 e. The molecule has 0 heterocycles. The van der Waals surface area contributed by atoms with Crippen LogP contribution in [0, 0.1) is 0 Å². The van der Waals surface area contributed by atoms with E-state index in [0.717, 1.165) is 0 Å². The van der Waals surface area contributed by atoms with Crippen LogP contribution < -0.4 is 0 Å². The largest absolute Gasteiger partial charge is 0.508 e. The first kappa shape index (κ1) is 20.8. The highest BCUT2D eigenvalue weighted by atomic mass is 16.3. The van der Waals surface area contributed by atoms with Crippen LogP contribution in [0.3, 0.4) is 0 Å². The molecule has 2 aromatic rings. The van der Waals surface area contributed by atoms with Crippen LogP contribution in [0.1, 0.15) is 31.9 Å². The Labute approximate surface area is 158 Å². The van der Waals surface area contributed by atoms with E-state index in [1.807, 2.05) is 20.8 Å². The Hall–Kier alpha value is -2.48. The van der Waals surface area contributed by atoms with Crippen LogP contribution in [0.5, 0.6) is 23.0 Å². The van der Waals surface area contributed by atoms with Crippen molar-refractivity contribution in [3.05, 3.63) is 47.5 Å². The lowest BCUT2D eigenvalue weighted by atomic mass is 10.00. The van der Waals surface area contributed by atoms with Crippen LogP contribution in [0.25, 0.3) is 0 Å². The highest BCUT2D eigenvalue weighted by molar-refractivity contribution is 5.37. The average molecular weight is 377 g/mol. The van der Waals surface area contributed by atoms with Gasteiger partial charge in [-0.05, 0) is 56.2 Å². The van der Waals surface area contributed by atoms with Gasteiger partial charge in [0.15, 0.2) is 0 Å². The SMILES string of the molecule is CC(C)(C)N(C(O)Cc1cc(O)cc(O)c1)C(O)Cc1cc(O)cc(O)c1. The van der Waals surface area contributed by atoms with E-state index < -0.39 is 18.0 Å². The molecule has 0 aliphatic rings. The minimum absolute atomic E-state index is 0.0710. The molecule has 2 unspecified atom stereocenters. The fraction of sp³-hybridized carbons (Fsp3) is 0.400. The third kappa shape index (κ3) is 5.75. The minimum atomic E-state index is -1.10. The fourth-order valence-electron chi connectivity index (χ4n) is 3.26. The molecule has 0 saturated carbocycles. The summed E-state index contributed by atoms with van der Waals surface area (Å²) in [5.41, 5.74) is 0.407. The number of rotatable bonds is 6. The van der Waals surface area contributed by atoms with Crippen molar-refractivity contribution in [3.8, 4) is 23.0 Å². The van der Waals surface area contributed by atoms with Crippen molar-refractivity contribution >= 4 is 0 Å². The second-order valence-electron chi connectivity index (χ2n) is 7.66. The molecule has 0 saturated heterocycles. The molecule has 0 amide bonds. The van der Waals surface area contributed by atoms with E-state index in [1.54, 1.807) is 0 Å². The van der Waals surface area contributed by atoms with Crippen molar-refractivity contribution in [1.82, 2.24) is 4.90 Å². The molecular formula is C20H27NO6. The molecule has 7 nitrogen and oxygen atoms in total. The van der Waals surface area contributed by atoms with Crippen LogP contribution in [0.4, 0.5) is 0 Å². The van der Waals surface area contributed by atoms with Crippen molar-refractivity contribution in [3.63, 3.8) is 0 Å². The number of hydrogen-bond acceptors (Lipinski definition) is 7.